The lowest BCUT2D eigenvalue weighted by atomic mass is 9.75. The van der Waals surface area contributed by atoms with Crippen LogP contribution in [0.1, 0.15) is 31.7 Å². The number of rotatable bonds is 9. The van der Waals surface area contributed by atoms with Crippen molar-refractivity contribution >= 4 is 29.0 Å². The summed E-state index contributed by atoms with van der Waals surface area (Å²) in [5.41, 5.74) is 2.45. The molecule has 0 radical (unpaired) electrons. The number of carbonyl (C=O) groups is 2. The van der Waals surface area contributed by atoms with Crippen molar-refractivity contribution in [1.29, 1.82) is 0 Å². The summed E-state index contributed by atoms with van der Waals surface area (Å²) in [7, 11) is 5.20. The van der Waals surface area contributed by atoms with Gasteiger partial charge < -0.3 is 14.4 Å². The number of nitrogens with zero attached hydrogens (tertiary/aromatic N) is 4. The predicted octanol–water partition coefficient (Wildman–Crippen LogP) is 3.20. The van der Waals surface area contributed by atoms with Crippen molar-refractivity contribution in [3.63, 3.8) is 0 Å². The number of anilines is 1. The highest BCUT2D eigenvalue weighted by Crippen LogP contribution is 2.40. The molecule has 3 rings (SSSR count). The topological polar surface area (TPSA) is 115 Å². The number of non-ortho nitro benzene ring substituents is 1. The number of ether oxygens (including phenoxy) is 2. The molecule has 1 aromatic carbocycles. The average Bonchev–Trinajstić information content (AvgIpc) is 2.85. The van der Waals surface area contributed by atoms with Gasteiger partial charge in [-0.25, -0.2) is 9.36 Å². The molecule has 0 aliphatic carbocycles. The van der Waals surface area contributed by atoms with Gasteiger partial charge in [-0.3, -0.25) is 19.9 Å². The minimum Gasteiger partial charge on any atom is -0.468 e. The number of hydrogen-bond donors (Lipinski definition) is 0. The van der Waals surface area contributed by atoms with Crippen LogP contribution in [0.5, 0.6) is 0 Å². The molecule has 0 bridgehead atoms. The van der Waals surface area contributed by atoms with Gasteiger partial charge in [0.25, 0.3) is 5.69 Å². The largest absolute Gasteiger partial charge is 0.468 e. The molecule has 0 saturated carbocycles. The molecular weight excluding hydrogens is 464 g/mol. The number of pyridine rings is 1. The van der Waals surface area contributed by atoms with Gasteiger partial charge in [0.05, 0.1) is 24.2 Å². The van der Waals surface area contributed by atoms with Gasteiger partial charge in [0.2, 0.25) is 0 Å². The molecule has 1 aromatic heterocycles. The van der Waals surface area contributed by atoms with E-state index < -0.39 is 28.7 Å². The molecule has 36 heavy (non-hydrogen) atoms. The number of aryl methyl sites for hydroxylation is 1. The zero-order valence-electron chi connectivity index (χ0n) is 21.1. The van der Waals surface area contributed by atoms with Crippen molar-refractivity contribution in [1.82, 2.24) is 0 Å². The van der Waals surface area contributed by atoms with Gasteiger partial charge in [-0.2, -0.15) is 0 Å². The summed E-state index contributed by atoms with van der Waals surface area (Å²) in [6, 6.07) is 9.91. The highest BCUT2D eigenvalue weighted by Gasteiger charge is 2.42. The normalized spacial score (nSPS) is 17.3. The number of nitro groups is 1. The number of hydrogen-bond acceptors (Lipinski definition) is 8. The van der Waals surface area contributed by atoms with Crippen LogP contribution < -0.4 is 9.47 Å². The molecule has 0 saturated heterocycles. The smallest absolute Gasteiger partial charge is 0.336 e. The molecule has 2 aromatic rings. The fraction of sp³-hybridized carbons (Fsp3) is 0.385. The van der Waals surface area contributed by atoms with E-state index in [0.717, 1.165) is 5.69 Å². The molecule has 10 nitrogen and oxygen atoms in total. The van der Waals surface area contributed by atoms with Crippen molar-refractivity contribution in [3.8, 4) is 0 Å². The second kappa shape index (κ2) is 11.6. The maximum absolute atomic E-state index is 13.3. The van der Waals surface area contributed by atoms with E-state index in [1.54, 1.807) is 19.9 Å². The van der Waals surface area contributed by atoms with Crippen LogP contribution in [0.4, 0.5) is 11.4 Å². The van der Waals surface area contributed by atoms with Gasteiger partial charge >= 0.3 is 11.9 Å². The molecule has 190 valence electrons. The third-order valence-electron chi connectivity index (χ3n) is 6.13. The second-order valence-electron chi connectivity index (χ2n) is 8.76. The van der Waals surface area contributed by atoms with E-state index in [9.17, 15) is 19.7 Å². The first-order chi connectivity index (χ1) is 17.1. The van der Waals surface area contributed by atoms with Crippen LogP contribution in [0.2, 0.25) is 0 Å². The van der Waals surface area contributed by atoms with Crippen molar-refractivity contribution in [2.75, 3.05) is 32.7 Å². The third kappa shape index (κ3) is 5.94. The summed E-state index contributed by atoms with van der Waals surface area (Å²) in [5, 5.41) is 11.4. The standard InChI is InChI=1S/C26H31N4O6/c1-17-22(25(31)35-5)24(19-8-6-9-21(16-19)30(33)34)23(18(2)27-17)26(32)36-15-7-12-29-13-10-20(11-14-29)28(3)4/h6,8-11,13-14,16,22,24H,7,12,15H2,1-5H3/q+1/t22?,24-/m0/s1. The van der Waals surface area contributed by atoms with E-state index >= 15 is 0 Å². The lowest BCUT2D eigenvalue weighted by molar-refractivity contribution is -0.697. The van der Waals surface area contributed by atoms with E-state index in [0.29, 0.717) is 29.9 Å². The second-order valence-corrected chi connectivity index (χ2v) is 8.76. The van der Waals surface area contributed by atoms with E-state index in [1.807, 2.05) is 48.1 Å². The SMILES string of the molecule is COC(=O)C1C(C)=NC(C)=C(C(=O)OCCC[n+]2ccc(N(C)C)cc2)[C@H]1c1cccc([N+](=O)[O-])c1. The molecule has 1 aliphatic rings. The quantitative estimate of drug-likeness (QED) is 0.172. The Bertz CT molecular complexity index is 1200. The average molecular weight is 496 g/mol. The Labute approximate surface area is 210 Å². The van der Waals surface area contributed by atoms with Crippen LogP contribution in [0.3, 0.4) is 0 Å². The zero-order valence-corrected chi connectivity index (χ0v) is 21.1. The fourth-order valence-corrected chi connectivity index (χ4v) is 4.31. The van der Waals surface area contributed by atoms with E-state index in [4.69, 9.17) is 9.47 Å². The first-order valence-electron chi connectivity index (χ1n) is 11.6. The van der Waals surface area contributed by atoms with Crippen LogP contribution in [0.25, 0.3) is 0 Å². The number of aliphatic imine (C=N–C) groups is 1. The number of methoxy groups -OCH3 is 1. The summed E-state index contributed by atoms with van der Waals surface area (Å²) in [4.78, 5) is 43.3. The first kappa shape index (κ1) is 26.5. The maximum Gasteiger partial charge on any atom is 0.336 e. The van der Waals surface area contributed by atoms with E-state index in [-0.39, 0.29) is 17.9 Å². The van der Waals surface area contributed by atoms with Crippen LogP contribution in [-0.4, -0.2) is 50.4 Å². The lowest BCUT2D eigenvalue weighted by Gasteiger charge is -2.31. The Morgan fingerprint density at radius 2 is 1.86 bits per heavy atom. The molecule has 0 fully saturated rings. The van der Waals surface area contributed by atoms with Gasteiger partial charge in [-0.05, 0) is 19.4 Å². The predicted molar refractivity (Wildman–Crippen MR) is 134 cm³/mol. The number of carbonyl (C=O) groups excluding carboxylic acids is 2. The molecule has 1 aliphatic heterocycles. The molecule has 0 spiro atoms. The first-order valence-corrected chi connectivity index (χ1v) is 11.6. The Hall–Kier alpha value is -4.08. The lowest BCUT2D eigenvalue weighted by Crippen LogP contribution is -2.36. The highest BCUT2D eigenvalue weighted by atomic mass is 16.6. The van der Waals surface area contributed by atoms with Gasteiger partial charge in [0.1, 0.15) is 5.92 Å². The monoisotopic (exact) mass is 495 g/mol. The molecule has 0 amide bonds. The maximum atomic E-state index is 13.3. The van der Waals surface area contributed by atoms with Crippen LogP contribution in [0, 0.1) is 16.0 Å². The van der Waals surface area contributed by atoms with Crippen molar-refractivity contribution in [2.24, 2.45) is 10.9 Å². The van der Waals surface area contributed by atoms with Gasteiger partial charge in [0.15, 0.2) is 18.9 Å². The van der Waals surface area contributed by atoms with Crippen molar-refractivity contribution in [2.45, 2.75) is 32.7 Å². The van der Waals surface area contributed by atoms with Crippen LogP contribution >= 0.6 is 0 Å². The molecule has 2 atom stereocenters. The number of allylic oxidation sites excluding steroid dienone is 1. The Morgan fingerprint density at radius 1 is 1.17 bits per heavy atom. The Morgan fingerprint density at radius 3 is 2.47 bits per heavy atom. The summed E-state index contributed by atoms with van der Waals surface area (Å²) in [6.07, 6.45) is 4.50. The third-order valence-corrected chi connectivity index (χ3v) is 6.13. The molecule has 1 unspecified atom stereocenters. The number of benzene rings is 1. The molecule has 2 heterocycles. The summed E-state index contributed by atoms with van der Waals surface area (Å²) in [6.45, 7) is 4.15. The van der Waals surface area contributed by atoms with Crippen LogP contribution in [0.15, 0.2) is 65.1 Å². The summed E-state index contributed by atoms with van der Waals surface area (Å²) < 4.78 is 12.6. The van der Waals surface area contributed by atoms with E-state index in [2.05, 4.69) is 4.99 Å². The molecule has 10 heteroatoms. The van der Waals surface area contributed by atoms with Gasteiger partial charge in [0, 0.05) is 67.8 Å². The highest BCUT2D eigenvalue weighted by molar-refractivity contribution is 6.07. The van der Waals surface area contributed by atoms with Crippen molar-refractivity contribution < 1.29 is 28.6 Å². The number of nitro benzene ring substituents is 1. The minimum atomic E-state index is -0.908. The Balaban J connectivity index is 1.81. The summed E-state index contributed by atoms with van der Waals surface area (Å²) >= 11 is 0. The number of aromatic nitrogens is 1. The van der Waals surface area contributed by atoms with E-state index in [1.165, 1.54) is 25.3 Å². The fourth-order valence-electron chi connectivity index (χ4n) is 4.31. The molecular formula is C26H31N4O6+. The van der Waals surface area contributed by atoms with Crippen molar-refractivity contribution in [3.05, 3.63) is 75.7 Å². The molecule has 0 N–H and O–H groups in total. The van der Waals surface area contributed by atoms with Crippen LogP contribution in [-0.2, 0) is 25.6 Å². The zero-order chi connectivity index (χ0) is 26.4. The van der Waals surface area contributed by atoms with Gasteiger partial charge in [-0.15, -0.1) is 0 Å². The summed E-state index contributed by atoms with van der Waals surface area (Å²) in [5.74, 6) is -2.92. The van der Waals surface area contributed by atoms with Gasteiger partial charge in [-0.1, -0.05) is 12.1 Å². The number of esters is 2. The minimum absolute atomic E-state index is 0.140. The Kier molecular flexibility index (Phi) is 8.52.